The van der Waals surface area contributed by atoms with Crippen molar-refractivity contribution in [3.63, 3.8) is 0 Å². The van der Waals surface area contributed by atoms with Gasteiger partial charge in [-0.3, -0.25) is 5.41 Å². The molecular weight excluding hydrogens is 224 g/mol. The summed E-state index contributed by atoms with van der Waals surface area (Å²) in [4.78, 5) is 2.17. The molecule has 18 heavy (non-hydrogen) atoms. The van der Waals surface area contributed by atoms with Crippen molar-refractivity contribution in [3.8, 4) is 0 Å². The van der Waals surface area contributed by atoms with Gasteiger partial charge in [-0.1, -0.05) is 24.3 Å². The van der Waals surface area contributed by atoms with Crippen LogP contribution in [0.3, 0.4) is 0 Å². The van der Waals surface area contributed by atoms with Gasteiger partial charge in [0.2, 0.25) is 0 Å². The van der Waals surface area contributed by atoms with Crippen LogP contribution in [0, 0.1) is 5.41 Å². The maximum Gasteiger partial charge on any atom is 0.128 e. The first-order chi connectivity index (χ1) is 8.84. The molecule has 1 fully saturated rings. The van der Waals surface area contributed by atoms with Crippen molar-refractivity contribution in [2.45, 2.75) is 38.3 Å². The van der Waals surface area contributed by atoms with E-state index in [9.17, 15) is 0 Å². The van der Waals surface area contributed by atoms with Gasteiger partial charge >= 0.3 is 0 Å². The molecule has 0 saturated carbocycles. The van der Waals surface area contributed by atoms with Gasteiger partial charge < -0.3 is 9.64 Å². The maximum atomic E-state index is 8.19. The van der Waals surface area contributed by atoms with E-state index in [1.165, 1.54) is 24.8 Å². The number of benzene rings is 1. The quantitative estimate of drug-likeness (QED) is 0.887. The molecule has 0 radical (unpaired) electrons. The van der Waals surface area contributed by atoms with Gasteiger partial charge in [0.15, 0.2) is 0 Å². The minimum Gasteiger partial charge on any atom is -0.378 e. The summed E-state index contributed by atoms with van der Waals surface area (Å²) in [6.45, 7) is 2.75. The molecule has 2 aliphatic heterocycles. The Hall–Kier alpha value is -1.35. The molecule has 0 spiro atoms. The lowest BCUT2D eigenvalue weighted by atomic mass is 10.1. The number of ether oxygens (including phenoxy) is 1. The molecule has 3 rings (SSSR count). The number of nitrogens with one attached hydrogen (secondary N) is 1. The highest BCUT2D eigenvalue weighted by atomic mass is 16.5. The topological polar surface area (TPSA) is 36.3 Å². The van der Waals surface area contributed by atoms with Crippen LogP contribution in [-0.2, 0) is 11.3 Å². The van der Waals surface area contributed by atoms with Crippen molar-refractivity contribution in [2.24, 2.45) is 0 Å². The van der Waals surface area contributed by atoms with Gasteiger partial charge in [-0.15, -0.1) is 0 Å². The summed E-state index contributed by atoms with van der Waals surface area (Å²) in [6, 6.07) is 8.25. The molecule has 1 unspecified atom stereocenters. The Labute approximate surface area is 108 Å². The predicted octanol–water partition coefficient (Wildman–Crippen LogP) is 2.79. The van der Waals surface area contributed by atoms with Crippen molar-refractivity contribution >= 4 is 5.84 Å². The molecule has 1 aromatic rings. The number of amidine groups is 1. The van der Waals surface area contributed by atoms with Gasteiger partial charge in [0.05, 0.1) is 6.10 Å². The zero-order valence-corrected chi connectivity index (χ0v) is 10.7. The van der Waals surface area contributed by atoms with E-state index in [0.717, 1.165) is 31.7 Å². The Bertz CT molecular complexity index is 438. The Balaban J connectivity index is 1.57. The number of nitrogens with zero attached hydrogens (tertiary/aromatic N) is 1. The highest BCUT2D eigenvalue weighted by Gasteiger charge is 2.24. The molecule has 0 aliphatic carbocycles. The van der Waals surface area contributed by atoms with Crippen LogP contribution in [0.5, 0.6) is 0 Å². The fourth-order valence-electron chi connectivity index (χ4n) is 2.87. The fourth-order valence-corrected chi connectivity index (χ4v) is 2.87. The van der Waals surface area contributed by atoms with Gasteiger partial charge in [0, 0.05) is 25.3 Å². The van der Waals surface area contributed by atoms with E-state index >= 15 is 0 Å². The van der Waals surface area contributed by atoms with Crippen molar-refractivity contribution in [2.75, 3.05) is 13.2 Å². The second kappa shape index (κ2) is 5.11. The number of fused-ring (bicyclic) bond motifs is 1. The Kier molecular flexibility index (Phi) is 3.33. The normalized spacial score (nSPS) is 23.2. The SMILES string of the molecule is N=C1c2ccccc2CN1CCC1CCCCO1. The molecule has 1 N–H and O–H groups in total. The van der Waals surface area contributed by atoms with Crippen LogP contribution < -0.4 is 0 Å². The molecule has 0 bridgehead atoms. The second-order valence-corrected chi connectivity index (χ2v) is 5.20. The van der Waals surface area contributed by atoms with E-state index in [1.54, 1.807) is 0 Å². The van der Waals surface area contributed by atoms with Crippen LogP contribution in [0.2, 0.25) is 0 Å². The van der Waals surface area contributed by atoms with Crippen LogP contribution in [0.1, 0.15) is 36.8 Å². The monoisotopic (exact) mass is 244 g/mol. The zero-order chi connectivity index (χ0) is 12.4. The van der Waals surface area contributed by atoms with E-state index in [0.29, 0.717) is 11.9 Å². The third kappa shape index (κ3) is 2.27. The first-order valence-corrected chi connectivity index (χ1v) is 6.88. The van der Waals surface area contributed by atoms with Crippen molar-refractivity contribution in [1.29, 1.82) is 5.41 Å². The molecule has 1 saturated heterocycles. The smallest absolute Gasteiger partial charge is 0.128 e. The average Bonchev–Trinajstić information content (AvgIpc) is 2.75. The van der Waals surface area contributed by atoms with E-state index in [4.69, 9.17) is 10.1 Å². The molecular formula is C15H20N2O. The highest BCUT2D eigenvalue weighted by Crippen LogP contribution is 2.23. The van der Waals surface area contributed by atoms with Gasteiger partial charge in [-0.2, -0.15) is 0 Å². The van der Waals surface area contributed by atoms with Gasteiger partial charge in [0.1, 0.15) is 5.84 Å². The predicted molar refractivity (Wildman–Crippen MR) is 71.9 cm³/mol. The van der Waals surface area contributed by atoms with Crippen LogP contribution in [-0.4, -0.2) is 30.0 Å². The molecule has 0 amide bonds. The molecule has 1 aromatic carbocycles. The first kappa shape index (κ1) is 11.7. The highest BCUT2D eigenvalue weighted by molar-refractivity contribution is 6.00. The summed E-state index contributed by atoms with van der Waals surface area (Å²) < 4.78 is 5.75. The lowest BCUT2D eigenvalue weighted by Gasteiger charge is -2.25. The molecule has 3 nitrogen and oxygen atoms in total. The summed E-state index contributed by atoms with van der Waals surface area (Å²) in [5.41, 5.74) is 2.38. The van der Waals surface area contributed by atoms with E-state index in [1.807, 2.05) is 6.07 Å². The third-order valence-electron chi connectivity index (χ3n) is 3.94. The second-order valence-electron chi connectivity index (χ2n) is 5.20. The summed E-state index contributed by atoms with van der Waals surface area (Å²) in [5.74, 6) is 0.682. The fraction of sp³-hybridized carbons (Fsp3) is 0.533. The first-order valence-electron chi connectivity index (χ1n) is 6.88. The zero-order valence-electron chi connectivity index (χ0n) is 10.7. The van der Waals surface area contributed by atoms with Gasteiger partial charge in [-0.05, 0) is 31.2 Å². The van der Waals surface area contributed by atoms with Gasteiger partial charge in [0.25, 0.3) is 0 Å². The lowest BCUT2D eigenvalue weighted by molar-refractivity contribution is 0.00835. The standard InChI is InChI=1S/C15H20N2O/c16-15-14-7-2-1-5-12(14)11-17(15)9-8-13-6-3-4-10-18-13/h1-2,5,7,13,16H,3-4,6,8-11H2. The largest absolute Gasteiger partial charge is 0.378 e. The number of hydrogen-bond acceptors (Lipinski definition) is 2. The van der Waals surface area contributed by atoms with Crippen molar-refractivity contribution in [1.82, 2.24) is 4.90 Å². The van der Waals surface area contributed by atoms with Crippen LogP contribution in [0.4, 0.5) is 0 Å². The number of rotatable bonds is 3. The lowest BCUT2D eigenvalue weighted by Crippen LogP contribution is -2.29. The summed E-state index contributed by atoms with van der Waals surface area (Å²) in [6.07, 6.45) is 5.16. The Morgan fingerprint density at radius 1 is 1.28 bits per heavy atom. The third-order valence-corrected chi connectivity index (χ3v) is 3.94. The Morgan fingerprint density at radius 2 is 2.17 bits per heavy atom. The summed E-state index contributed by atoms with van der Waals surface area (Å²) in [7, 11) is 0. The molecule has 96 valence electrons. The minimum absolute atomic E-state index is 0.412. The van der Waals surface area contributed by atoms with E-state index in [2.05, 4.69) is 23.1 Å². The van der Waals surface area contributed by atoms with Crippen LogP contribution >= 0.6 is 0 Å². The Morgan fingerprint density at radius 3 is 2.94 bits per heavy atom. The molecule has 2 heterocycles. The van der Waals surface area contributed by atoms with E-state index < -0.39 is 0 Å². The minimum atomic E-state index is 0.412. The molecule has 1 atom stereocenters. The van der Waals surface area contributed by atoms with Crippen LogP contribution in [0.15, 0.2) is 24.3 Å². The molecule has 0 aromatic heterocycles. The number of hydrogen-bond donors (Lipinski definition) is 1. The molecule has 2 aliphatic rings. The van der Waals surface area contributed by atoms with Crippen LogP contribution in [0.25, 0.3) is 0 Å². The summed E-state index contributed by atoms with van der Waals surface area (Å²) in [5, 5.41) is 8.19. The summed E-state index contributed by atoms with van der Waals surface area (Å²) >= 11 is 0. The van der Waals surface area contributed by atoms with E-state index in [-0.39, 0.29) is 0 Å². The van der Waals surface area contributed by atoms with Crippen molar-refractivity contribution < 1.29 is 4.74 Å². The average molecular weight is 244 g/mol. The maximum absolute atomic E-state index is 8.19. The van der Waals surface area contributed by atoms with Crippen molar-refractivity contribution in [3.05, 3.63) is 35.4 Å². The molecule has 3 heteroatoms. The van der Waals surface area contributed by atoms with Gasteiger partial charge in [-0.25, -0.2) is 0 Å².